The van der Waals surface area contributed by atoms with Gasteiger partial charge in [-0.2, -0.15) is 5.26 Å². The molecule has 0 radical (unpaired) electrons. The average molecular weight is 144 g/mol. The number of nitrogens with two attached hydrogens (primary N) is 1. The summed E-state index contributed by atoms with van der Waals surface area (Å²) in [5, 5.41) is 8.67. The number of nitrogens with zero attached hydrogens (tertiary/aromatic N) is 1. The number of hydrogen-bond donors (Lipinski definition) is 1. The van der Waals surface area contributed by atoms with Crippen molar-refractivity contribution >= 4 is 18.4 Å². The molecule has 0 aliphatic heterocycles. The Hall–Kier alpha value is -1.43. The minimum atomic E-state index is 0.652. The Labute approximate surface area is 66.9 Å². The van der Waals surface area contributed by atoms with Crippen molar-refractivity contribution in [3.05, 3.63) is 23.8 Å². The molecule has 2 N–H and O–H groups in total. The predicted octanol–water partition coefficient (Wildman–Crippen LogP) is 0.250. The molecule has 3 heteroatoms. The molecule has 0 atom stereocenters. The second-order valence-electron chi connectivity index (χ2n) is 2.38. The van der Waals surface area contributed by atoms with Crippen molar-refractivity contribution in [3.63, 3.8) is 0 Å². The van der Waals surface area contributed by atoms with Crippen LogP contribution in [0, 0.1) is 11.3 Å². The normalized spacial score (nSPS) is 8.73. The van der Waals surface area contributed by atoms with Crippen LogP contribution in [0.25, 0.3) is 0 Å². The van der Waals surface area contributed by atoms with E-state index in [0.29, 0.717) is 11.3 Å². The lowest BCUT2D eigenvalue weighted by molar-refractivity contribution is 1.50. The third kappa shape index (κ3) is 1.53. The summed E-state index contributed by atoms with van der Waals surface area (Å²) < 4.78 is 0. The quantitative estimate of drug-likeness (QED) is 0.453. The summed E-state index contributed by atoms with van der Waals surface area (Å²) in [6.07, 6.45) is 0. The maximum atomic E-state index is 8.67. The van der Waals surface area contributed by atoms with E-state index < -0.39 is 0 Å². The third-order valence-electron chi connectivity index (χ3n) is 1.64. The molecule has 1 aromatic rings. The van der Waals surface area contributed by atoms with Gasteiger partial charge < -0.3 is 5.73 Å². The van der Waals surface area contributed by atoms with Gasteiger partial charge in [0.1, 0.15) is 0 Å². The SMILES string of the molecule is CBc1ccc(N)cc1C#N. The Morgan fingerprint density at radius 3 is 2.82 bits per heavy atom. The molecule has 0 heterocycles. The monoisotopic (exact) mass is 144 g/mol. The Morgan fingerprint density at radius 1 is 1.55 bits per heavy atom. The second kappa shape index (κ2) is 3.11. The molecule has 0 aromatic heterocycles. The van der Waals surface area contributed by atoms with Crippen molar-refractivity contribution < 1.29 is 0 Å². The summed E-state index contributed by atoms with van der Waals surface area (Å²) in [6.45, 7) is 2.02. The number of nitriles is 1. The molecule has 0 fully saturated rings. The van der Waals surface area contributed by atoms with E-state index in [1.165, 1.54) is 0 Å². The smallest absolute Gasteiger partial charge is 0.156 e. The Morgan fingerprint density at radius 2 is 2.27 bits per heavy atom. The van der Waals surface area contributed by atoms with Crippen LogP contribution in [-0.2, 0) is 0 Å². The molecule has 1 aromatic carbocycles. The van der Waals surface area contributed by atoms with E-state index in [4.69, 9.17) is 11.0 Å². The van der Waals surface area contributed by atoms with Crippen LogP contribution in [0.2, 0.25) is 6.82 Å². The van der Waals surface area contributed by atoms with Gasteiger partial charge in [-0.05, 0) is 12.1 Å². The van der Waals surface area contributed by atoms with E-state index in [9.17, 15) is 0 Å². The molecule has 11 heavy (non-hydrogen) atoms. The van der Waals surface area contributed by atoms with Crippen molar-refractivity contribution in [1.29, 1.82) is 5.26 Å². The Kier molecular flexibility index (Phi) is 2.17. The highest BCUT2D eigenvalue weighted by atomic mass is 14.5. The van der Waals surface area contributed by atoms with Crippen LogP contribution in [0.15, 0.2) is 18.2 Å². The van der Waals surface area contributed by atoms with Gasteiger partial charge in [-0.15, -0.1) is 0 Å². The van der Waals surface area contributed by atoms with E-state index in [1.807, 2.05) is 19.0 Å². The molecule has 0 bridgehead atoms. The number of benzene rings is 1. The summed E-state index contributed by atoms with van der Waals surface area (Å²) >= 11 is 0. The minimum Gasteiger partial charge on any atom is -0.399 e. The zero-order valence-corrected chi connectivity index (χ0v) is 6.46. The predicted molar refractivity (Wildman–Crippen MR) is 48.2 cm³/mol. The van der Waals surface area contributed by atoms with E-state index in [1.54, 1.807) is 6.07 Å². The molecule has 0 unspecified atom stereocenters. The number of nitrogen functional groups attached to an aromatic ring is 1. The Bertz CT molecular complexity index is 301. The summed E-state index contributed by atoms with van der Waals surface area (Å²) in [5.41, 5.74) is 7.90. The van der Waals surface area contributed by atoms with Gasteiger partial charge in [0.2, 0.25) is 0 Å². The van der Waals surface area contributed by atoms with Crippen LogP contribution >= 0.6 is 0 Å². The summed E-state index contributed by atoms with van der Waals surface area (Å²) in [4.78, 5) is 0. The molecule has 0 saturated carbocycles. The maximum absolute atomic E-state index is 8.67. The van der Waals surface area contributed by atoms with Crippen LogP contribution in [0.3, 0.4) is 0 Å². The summed E-state index contributed by atoms with van der Waals surface area (Å²) in [7, 11) is 0.878. The second-order valence-corrected chi connectivity index (χ2v) is 2.38. The first kappa shape index (κ1) is 7.68. The lowest BCUT2D eigenvalue weighted by atomic mass is 9.71. The molecular weight excluding hydrogens is 135 g/mol. The highest BCUT2D eigenvalue weighted by Gasteiger charge is 1.99. The molecule has 0 saturated heterocycles. The largest absolute Gasteiger partial charge is 0.399 e. The van der Waals surface area contributed by atoms with Gasteiger partial charge in [0.15, 0.2) is 7.28 Å². The molecule has 0 spiro atoms. The fourth-order valence-corrected chi connectivity index (χ4v) is 1.01. The van der Waals surface area contributed by atoms with Gasteiger partial charge >= 0.3 is 0 Å². The van der Waals surface area contributed by atoms with Crippen LogP contribution in [0.5, 0.6) is 0 Å². The van der Waals surface area contributed by atoms with E-state index in [0.717, 1.165) is 12.7 Å². The van der Waals surface area contributed by atoms with Crippen molar-refractivity contribution in [2.75, 3.05) is 5.73 Å². The van der Waals surface area contributed by atoms with Crippen molar-refractivity contribution in [1.82, 2.24) is 0 Å². The zero-order chi connectivity index (χ0) is 8.27. The van der Waals surface area contributed by atoms with Crippen molar-refractivity contribution in [3.8, 4) is 6.07 Å². The van der Waals surface area contributed by atoms with E-state index >= 15 is 0 Å². The summed E-state index contributed by atoms with van der Waals surface area (Å²) in [5.74, 6) is 0. The van der Waals surface area contributed by atoms with Crippen molar-refractivity contribution in [2.24, 2.45) is 0 Å². The molecular formula is C8H9BN2. The third-order valence-corrected chi connectivity index (χ3v) is 1.64. The number of rotatable bonds is 1. The summed E-state index contributed by atoms with van der Waals surface area (Å²) in [6, 6.07) is 7.53. The fourth-order valence-electron chi connectivity index (χ4n) is 1.01. The first-order valence-electron chi connectivity index (χ1n) is 3.56. The number of anilines is 1. The van der Waals surface area contributed by atoms with Crippen molar-refractivity contribution in [2.45, 2.75) is 6.82 Å². The van der Waals surface area contributed by atoms with Gasteiger partial charge in [-0.3, -0.25) is 0 Å². The first-order chi connectivity index (χ1) is 5.27. The van der Waals surface area contributed by atoms with Crippen LogP contribution in [-0.4, -0.2) is 7.28 Å². The lowest BCUT2D eigenvalue weighted by Gasteiger charge is -1.99. The molecule has 0 aliphatic rings. The molecule has 0 amide bonds. The molecule has 0 aliphatic carbocycles. The lowest BCUT2D eigenvalue weighted by Crippen LogP contribution is -2.14. The fraction of sp³-hybridized carbons (Fsp3) is 0.125. The van der Waals surface area contributed by atoms with Gasteiger partial charge in [0.05, 0.1) is 6.07 Å². The topological polar surface area (TPSA) is 49.8 Å². The molecule has 1 rings (SSSR count). The van der Waals surface area contributed by atoms with Crippen LogP contribution in [0.1, 0.15) is 5.56 Å². The highest BCUT2D eigenvalue weighted by Crippen LogP contribution is 2.02. The highest BCUT2D eigenvalue weighted by molar-refractivity contribution is 6.52. The Balaban J connectivity index is 3.19. The van der Waals surface area contributed by atoms with Gasteiger partial charge in [0.25, 0.3) is 0 Å². The van der Waals surface area contributed by atoms with Crippen LogP contribution < -0.4 is 11.2 Å². The zero-order valence-electron chi connectivity index (χ0n) is 6.46. The first-order valence-corrected chi connectivity index (χ1v) is 3.56. The van der Waals surface area contributed by atoms with Gasteiger partial charge in [-0.1, -0.05) is 18.4 Å². The van der Waals surface area contributed by atoms with Gasteiger partial charge in [0, 0.05) is 11.3 Å². The van der Waals surface area contributed by atoms with E-state index in [-0.39, 0.29) is 0 Å². The molecule has 2 nitrogen and oxygen atoms in total. The standard InChI is InChI=1S/C8H9BN2/c1-9-8-3-2-7(11)4-6(8)5-10/h2-4,9H,11H2,1H3. The average Bonchev–Trinajstić information content (AvgIpc) is 2.04. The number of hydrogen-bond acceptors (Lipinski definition) is 2. The molecule has 54 valence electrons. The minimum absolute atomic E-state index is 0.652. The van der Waals surface area contributed by atoms with Gasteiger partial charge in [-0.25, -0.2) is 0 Å². The van der Waals surface area contributed by atoms with E-state index in [2.05, 4.69) is 6.07 Å². The maximum Gasteiger partial charge on any atom is 0.156 e. The van der Waals surface area contributed by atoms with Crippen LogP contribution in [0.4, 0.5) is 5.69 Å².